The van der Waals surface area contributed by atoms with Crippen LogP contribution in [0.25, 0.3) is 0 Å². The van der Waals surface area contributed by atoms with E-state index in [4.69, 9.17) is 0 Å². The minimum atomic E-state index is -1.78. The van der Waals surface area contributed by atoms with Gasteiger partial charge < -0.3 is 4.57 Å². The summed E-state index contributed by atoms with van der Waals surface area (Å²) in [5, 5.41) is 0. The van der Waals surface area contributed by atoms with Crippen LogP contribution in [-0.4, -0.2) is 6.16 Å². The highest BCUT2D eigenvalue weighted by Gasteiger charge is 2.09. The van der Waals surface area contributed by atoms with E-state index in [0.29, 0.717) is 0 Å². The van der Waals surface area contributed by atoms with Crippen LogP contribution in [0.15, 0.2) is 0 Å². The van der Waals surface area contributed by atoms with Crippen molar-refractivity contribution in [1.29, 1.82) is 0 Å². The average molecular weight is 414 g/mol. The van der Waals surface area contributed by atoms with Crippen LogP contribution in [-0.2, 0) is 4.57 Å². The summed E-state index contributed by atoms with van der Waals surface area (Å²) in [7, 11) is 0. The number of unbranched alkanes of at least 4 members (excludes halogenated alkanes) is 5. The molecule has 74 valence electrons. The maximum atomic E-state index is 11.3. The third-order valence-electron chi connectivity index (χ3n) is 1.77. The van der Waals surface area contributed by atoms with Gasteiger partial charge in [0.2, 0.25) is 0 Å². The van der Waals surface area contributed by atoms with Crippen molar-refractivity contribution in [2.45, 2.75) is 45.4 Å². The second-order valence-corrected chi connectivity index (χ2v) is 19.5. The molecule has 0 aromatic heterocycles. The van der Waals surface area contributed by atoms with Gasteiger partial charge in [-0.25, -0.2) is 0 Å². The second-order valence-electron chi connectivity index (χ2n) is 3.06. The monoisotopic (exact) mass is 414 g/mol. The summed E-state index contributed by atoms with van der Waals surface area (Å²) >= 11 is 4.17. The van der Waals surface area contributed by atoms with Gasteiger partial charge in [0, 0.05) is 50.2 Å². The summed E-state index contributed by atoms with van der Waals surface area (Å²) in [5.41, 5.74) is 0. The fraction of sp³-hybridized carbons (Fsp3) is 1.00. The smallest absolute Gasteiger partial charge is 0.198 e. The van der Waals surface area contributed by atoms with Gasteiger partial charge in [0.25, 0.3) is 0 Å². The molecule has 1 nitrogen and oxygen atoms in total. The molecule has 4 heteroatoms. The molecule has 0 aromatic rings. The normalized spacial score (nSPS) is 11.9. The standard InChI is InChI=1S/C8H17I2OP/c1-2-3-4-5-6-7-8-12(9,10)11/h2-8H2,1H3. The van der Waals surface area contributed by atoms with Crippen molar-refractivity contribution in [2.75, 3.05) is 6.16 Å². The van der Waals surface area contributed by atoms with Gasteiger partial charge in [0.15, 0.2) is 2.43 Å². The lowest BCUT2D eigenvalue weighted by molar-refractivity contribution is 0.589. The lowest BCUT2D eigenvalue weighted by Crippen LogP contribution is -1.81. The van der Waals surface area contributed by atoms with Gasteiger partial charge in [-0.05, 0) is 6.42 Å². The third kappa shape index (κ3) is 11.7. The van der Waals surface area contributed by atoms with Crippen LogP contribution in [0, 0.1) is 0 Å². The Morgan fingerprint density at radius 3 is 2.00 bits per heavy atom. The zero-order valence-electron chi connectivity index (χ0n) is 7.56. The Bertz CT molecular complexity index is 144. The largest absolute Gasteiger partial charge is 0.302 e. The van der Waals surface area contributed by atoms with E-state index in [1.807, 2.05) is 0 Å². The quantitative estimate of drug-likeness (QED) is 0.310. The summed E-state index contributed by atoms with van der Waals surface area (Å²) in [6.45, 7) is 2.23. The highest BCUT2D eigenvalue weighted by molar-refractivity contribution is 14.3. The Morgan fingerprint density at radius 2 is 1.50 bits per heavy atom. The van der Waals surface area contributed by atoms with E-state index in [-0.39, 0.29) is 0 Å². The summed E-state index contributed by atoms with van der Waals surface area (Å²) in [4.78, 5) is 0. The maximum Gasteiger partial charge on any atom is 0.198 e. The third-order valence-corrected chi connectivity index (χ3v) is 5.50. The number of hydrogen-bond donors (Lipinski definition) is 0. The minimum Gasteiger partial charge on any atom is -0.302 e. The fourth-order valence-electron chi connectivity index (χ4n) is 1.08. The van der Waals surface area contributed by atoms with E-state index >= 15 is 0 Å². The van der Waals surface area contributed by atoms with E-state index in [1.54, 1.807) is 0 Å². The molecule has 0 saturated carbocycles. The first-order valence-electron chi connectivity index (χ1n) is 4.54. The van der Waals surface area contributed by atoms with E-state index in [1.165, 1.54) is 32.1 Å². The SMILES string of the molecule is CCCCCCCCP(=O)(I)I. The molecule has 0 aliphatic rings. The van der Waals surface area contributed by atoms with Crippen molar-refractivity contribution < 1.29 is 4.57 Å². The molecule has 0 N–H and O–H groups in total. The molecule has 0 atom stereocenters. The first kappa shape index (κ1) is 13.7. The zero-order valence-corrected chi connectivity index (χ0v) is 12.8. The van der Waals surface area contributed by atoms with Crippen LogP contribution in [0.4, 0.5) is 0 Å². The van der Waals surface area contributed by atoms with Gasteiger partial charge in [0.05, 0.1) is 0 Å². The Labute approximate surface area is 102 Å². The average Bonchev–Trinajstić information content (AvgIpc) is 1.94. The molecule has 0 fully saturated rings. The summed E-state index contributed by atoms with van der Waals surface area (Å²) in [6, 6.07) is 0. The molecule has 0 bridgehead atoms. The molecule has 0 unspecified atom stereocenters. The van der Waals surface area contributed by atoms with Crippen molar-refractivity contribution in [3.8, 4) is 0 Å². The molecule has 0 saturated heterocycles. The summed E-state index contributed by atoms with van der Waals surface area (Å²) in [6.07, 6.45) is 8.65. The highest BCUT2D eigenvalue weighted by atomic mass is 127. The molecule has 0 aliphatic heterocycles. The molecule has 0 radical (unpaired) electrons. The Hall–Kier alpha value is 1.69. The van der Waals surface area contributed by atoms with Crippen LogP contribution in [0.2, 0.25) is 0 Å². The first-order valence-corrected chi connectivity index (χ1v) is 12.0. The maximum absolute atomic E-state index is 11.3. The summed E-state index contributed by atoms with van der Waals surface area (Å²) in [5.74, 6) is 0. The van der Waals surface area contributed by atoms with Gasteiger partial charge in [0.1, 0.15) is 0 Å². The second kappa shape index (κ2) is 8.04. The van der Waals surface area contributed by atoms with Gasteiger partial charge in [-0.2, -0.15) is 0 Å². The van der Waals surface area contributed by atoms with Crippen molar-refractivity contribution in [3.05, 3.63) is 0 Å². The Kier molecular flexibility index (Phi) is 9.17. The molecular weight excluding hydrogens is 397 g/mol. The molecule has 0 spiro atoms. The predicted octanol–water partition coefficient (Wildman–Crippen LogP) is 5.41. The van der Waals surface area contributed by atoms with E-state index in [9.17, 15) is 4.57 Å². The van der Waals surface area contributed by atoms with E-state index < -0.39 is 2.43 Å². The molecule has 12 heavy (non-hydrogen) atoms. The molecular formula is C8H17I2OP. The lowest BCUT2D eigenvalue weighted by atomic mass is 10.1. The first-order chi connectivity index (χ1) is 5.56. The van der Waals surface area contributed by atoms with Crippen molar-refractivity contribution in [3.63, 3.8) is 0 Å². The zero-order chi connectivity index (χ0) is 9.45. The van der Waals surface area contributed by atoms with Crippen LogP contribution in [0.1, 0.15) is 45.4 Å². The van der Waals surface area contributed by atoms with Crippen molar-refractivity contribution >= 4 is 46.5 Å². The molecule has 0 rings (SSSR count). The summed E-state index contributed by atoms with van der Waals surface area (Å²) < 4.78 is 9.50. The van der Waals surface area contributed by atoms with Crippen LogP contribution < -0.4 is 0 Å². The van der Waals surface area contributed by atoms with E-state index in [2.05, 4.69) is 51.0 Å². The Balaban J connectivity index is 3.06. The van der Waals surface area contributed by atoms with Gasteiger partial charge in [-0.15, -0.1) is 0 Å². The molecule has 0 heterocycles. The number of halogens is 2. The number of hydrogen-bond acceptors (Lipinski definition) is 1. The Morgan fingerprint density at radius 1 is 1.00 bits per heavy atom. The van der Waals surface area contributed by atoms with Gasteiger partial charge in [-0.3, -0.25) is 0 Å². The highest BCUT2D eigenvalue weighted by Crippen LogP contribution is 2.63. The lowest BCUT2D eigenvalue weighted by Gasteiger charge is -2.02. The van der Waals surface area contributed by atoms with Crippen molar-refractivity contribution in [1.82, 2.24) is 0 Å². The molecule has 0 aromatic carbocycles. The van der Waals surface area contributed by atoms with Crippen LogP contribution >= 0.6 is 46.5 Å². The number of rotatable bonds is 7. The molecule has 0 amide bonds. The van der Waals surface area contributed by atoms with Crippen molar-refractivity contribution in [2.24, 2.45) is 0 Å². The van der Waals surface area contributed by atoms with Crippen LogP contribution in [0.5, 0.6) is 0 Å². The topological polar surface area (TPSA) is 17.1 Å². The van der Waals surface area contributed by atoms with Gasteiger partial charge in [-0.1, -0.05) is 39.0 Å². The van der Waals surface area contributed by atoms with Crippen LogP contribution in [0.3, 0.4) is 0 Å². The predicted molar refractivity (Wildman–Crippen MR) is 73.9 cm³/mol. The van der Waals surface area contributed by atoms with E-state index in [0.717, 1.165) is 12.6 Å². The fourth-order valence-corrected chi connectivity index (χ4v) is 3.71. The minimum absolute atomic E-state index is 0.917. The molecule has 0 aliphatic carbocycles. The van der Waals surface area contributed by atoms with Gasteiger partial charge >= 0.3 is 0 Å².